The molecular weight excluding hydrogens is 201 g/mol. The Kier molecular flexibility index (Phi) is 4.66. The van der Waals surface area contributed by atoms with Gasteiger partial charge in [-0.1, -0.05) is 11.4 Å². The van der Waals surface area contributed by atoms with Crippen LogP contribution in [0.1, 0.15) is 0 Å². The molecule has 0 amide bonds. The quantitative estimate of drug-likeness (QED) is 0.538. The number of nitrogen functional groups attached to an aromatic ring is 1. The molecule has 0 spiro atoms. The van der Waals surface area contributed by atoms with Crippen molar-refractivity contribution in [2.45, 2.75) is 0 Å². The Labute approximate surface area is 86.1 Å². The van der Waals surface area contributed by atoms with Gasteiger partial charge in [0.25, 0.3) is 0 Å². The molecule has 0 unspecified atom stereocenters. The molecule has 1 radical (unpaired) electrons. The summed E-state index contributed by atoms with van der Waals surface area (Å²) >= 11 is 0. The Morgan fingerprint density at radius 3 is 2.70 bits per heavy atom. The Morgan fingerprint density at radius 2 is 2.30 bits per heavy atom. The normalized spacial score (nSPS) is 8.10. The molecule has 0 aliphatic carbocycles. The largest absolute Gasteiger partial charge is 0.437 e. The molecule has 0 aliphatic heterocycles. The molecule has 3 heteroatoms. The van der Waals surface area contributed by atoms with E-state index < -0.39 is 0 Å². The van der Waals surface area contributed by atoms with E-state index >= 15 is 0 Å². The summed E-state index contributed by atoms with van der Waals surface area (Å²) in [5, 5.41) is 2.94. The van der Waals surface area contributed by atoms with Crippen molar-refractivity contribution < 1.29 is 32.7 Å². The van der Waals surface area contributed by atoms with Gasteiger partial charge < -0.3 is 11.1 Å². The molecule has 1 aromatic carbocycles. The fourth-order valence-corrected chi connectivity index (χ4v) is 0.668. The van der Waals surface area contributed by atoms with Crippen LogP contribution in [-0.4, -0.2) is 7.05 Å². The first kappa shape index (κ1) is 9.92. The second kappa shape index (κ2) is 4.70. The van der Waals surface area contributed by atoms with Crippen LogP contribution in [0.2, 0.25) is 0 Å². The summed E-state index contributed by atoms with van der Waals surface area (Å²) in [7, 11) is 1.83. The van der Waals surface area contributed by atoms with E-state index in [0.717, 1.165) is 5.69 Å². The number of nitrogens with two attached hydrogens (primary N) is 1. The minimum atomic E-state index is 0. The van der Waals surface area contributed by atoms with Crippen molar-refractivity contribution in [3.63, 3.8) is 0 Å². The molecule has 0 aromatic heterocycles. The van der Waals surface area contributed by atoms with Crippen molar-refractivity contribution in [2.24, 2.45) is 0 Å². The van der Waals surface area contributed by atoms with E-state index in [1.54, 1.807) is 6.07 Å². The SMILES string of the molecule is CNc1ccc[c-]c1N.[Y]. The summed E-state index contributed by atoms with van der Waals surface area (Å²) in [5.41, 5.74) is 7.11. The number of para-hydroxylation sites is 1. The van der Waals surface area contributed by atoms with E-state index in [1.165, 1.54) is 0 Å². The molecule has 0 heterocycles. The van der Waals surface area contributed by atoms with Crippen molar-refractivity contribution in [1.29, 1.82) is 0 Å². The third-order valence-electron chi connectivity index (χ3n) is 1.16. The number of nitrogens with one attached hydrogen (secondary N) is 1. The zero-order chi connectivity index (χ0) is 6.69. The Balaban J connectivity index is 0.000000810. The van der Waals surface area contributed by atoms with E-state index in [1.807, 2.05) is 19.2 Å². The average molecular weight is 210 g/mol. The first-order valence-corrected chi connectivity index (χ1v) is 2.78. The molecule has 0 fully saturated rings. The van der Waals surface area contributed by atoms with E-state index in [-0.39, 0.29) is 32.7 Å². The number of rotatable bonds is 1. The molecule has 0 saturated heterocycles. The number of anilines is 2. The van der Waals surface area contributed by atoms with Crippen molar-refractivity contribution in [2.75, 3.05) is 18.1 Å². The number of benzene rings is 1. The molecule has 0 aliphatic rings. The fraction of sp³-hybridized carbons (Fsp3) is 0.143. The summed E-state index contributed by atoms with van der Waals surface area (Å²) in [4.78, 5) is 0. The van der Waals surface area contributed by atoms with E-state index in [0.29, 0.717) is 5.69 Å². The van der Waals surface area contributed by atoms with Gasteiger partial charge in [0.15, 0.2) is 0 Å². The van der Waals surface area contributed by atoms with Gasteiger partial charge in [-0.2, -0.15) is 18.2 Å². The zero-order valence-electron chi connectivity index (χ0n) is 5.89. The topological polar surface area (TPSA) is 38.0 Å². The van der Waals surface area contributed by atoms with Crippen LogP contribution in [0.5, 0.6) is 0 Å². The second-order valence-electron chi connectivity index (χ2n) is 1.75. The molecular formula is C7H9N2Y-. The maximum atomic E-state index is 5.51. The van der Waals surface area contributed by atoms with Gasteiger partial charge in [0, 0.05) is 32.7 Å². The molecule has 2 nitrogen and oxygen atoms in total. The van der Waals surface area contributed by atoms with Crippen molar-refractivity contribution in [1.82, 2.24) is 0 Å². The second-order valence-corrected chi connectivity index (χ2v) is 1.75. The summed E-state index contributed by atoms with van der Waals surface area (Å²) in [5.74, 6) is 0. The van der Waals surface area contributed by atoms with Crippen LogP contribution in [0.3, 0.4) is 0 Å². The molecule has 51 valence electrons. The van der Waals surface area contributed by atoms with E-state index in [4.69, 9.17) is 5.73 Å². The predicted molar refractivity (Wildman–Crippen MR) is 39.2 cm³/mol. The van der Waals surface area contributed by atoms with Gasteiger partial charge in [-0.05, 0) is 7.05 Å². The summed E-state index contributed by atoms with van der Waals surface area (Å²) in [6, 6.07) is 8.45. The minimum absolute atomic E-state index is 0. The van der Waals surface area contributed by atoms with Gasteiger partial charge in [0.05, 0.1) is 0 Å². The first-order valence-electron chi connectivity index (χ1n) is 2.78. The monoisotopic (exact) mass is 210 g/mol. The molecule has 1 aromatic rings. The van der Waals surface area contributed by atoms with Gasteiger partial charge in [-0.25, -0.2) is 0 Å². The van der Waals surface area contributed by atoms with Crippen LogP contribution < -0.4 is 11.1 Å². The smallest absolute Gasteiger partial charge is 0 e. The summed E-state index contributed by atoms with van der Waals surface area (Å²) < 4.78 is 0. The Hall–Kier alpha value is -0.0761. The minimum Gasteiger partial charge on any atom is -0.437 e. The Bertz CT molecular complexity index is 201. The standard InChI is InChI=1S/C7H9N2.Y/c1-9-7-5-3-2-4-6(7)8;/h2-3,5,9H,8H2,1H3;/q-1;. The number of hydrogen-bond acceptors (Lipinski definition) is 2. The van der Waals surface area contributed by atoms with Crippen molar-refractivity contribution in [3.8, 4) is 0 Å². The molecule has 0 saturated carbocycles. The van der Waals surface area contributed by atoms with Crippen molar-refractivity contribution >= 4 is 11.4 Å². The van der Waals surface area contributed by atoms with E-state index in [9.17, 15) is 0 Å². The Morgan fingerprint density at radius 1 is 1.60 bits per heavy atom. The average Bonchev–Trinajstić information content (AvgIpc) is 1.89. The summed E-state index contributed by atoms with van der Waals surface area (Å²) in [6.07, 6.45) is 0. The molecule has 0 bridgehead atoms. The van der Waals surface area contributed by atoms with Crippen LogP contribution in [0, 0.1) is 6.07 Å². The maximum Gasteiger partial charge on any atom is 0 e. The van der Waals surface area contributed by atoms with Gasteiger partial charge in [0.2, 0.25) is 0 Å². The molecule has 10 heavy (non-hydrogen) atoms. The fourth-order valence-electron chi connectivity index (χ4n) is 0.668. The predicted octanol–water partition coefficient (Wildman–Crippen LogP) is 1.11. The molecule has 0 atom stereocenters. The summed E-state index contributed by atoms with van der Waals surface area (Å²) in [6.45, 7) is 0. The van der Waals surface area contributed by atoms with Crippen LogP contribution in [0.25, 0.3) is 0 Å². The van der Waals surface area contributed by atoms with Crippen molar-refractivity contribution in [3.05, 3.63) is 24.3 Å². The van der Waals surface area contributed by atoms with Crippen LogP contribution >= 0.6 is 0 Å². The van der Waals surface area contributed by atoms with Crippen LogP contribution in [0.15, 0.2) is 18.2 Å². The van der Waals surface area contributed by atoms with Gasteiger partial charge in [-0.3, -0.25) is 0 Å². The maximum absolute atomic E-state index is 5.51. The van der Waals surface area contributed by atoms with Crippen LogP contribution in [0.4, 0.5) is 11.4 Å². The number of hydrogen-bond donors (Lipinski definition) is 2. The van der Waals surface area contributed by atoms with Crippen LogP contribution in [-0.2, 0) is 32.7 Å². The molecule has 1 rings (SSSR count). The molecule has 3 N–H and O–H groups in total. The third-order valence-corrected chi connectivity index (χ3v) is 1.16. The first-order chi connectivity index (χ1) is 4.34. The van der Waals surface area contributed by atoms with Gasteiger partial charge in [0.1, 0.15) is 0 Å². The third kappa shape index (κ3) is 2.27. The van der Waals surface area contributed by atoms with Gasteiger partial charge >= 0.3 is 0 Å². The zero-order valence-corrected chi connectivity index (χ0v) is 8.73. The van der Waals surface area contributed by atoms with E-state index in [2.05, 4.69) is 11.4 Å². The van der Waals surface area contributed by atoms with Gasteiger partial charge in [-0.15, -0.1) is 6.07 Å².